The van der Waals surface area contributed by atoms with Crippen molar-refractivity contribution in [3.63, 3.8) is 0 Å². The summed E-state index contributed by atoms with van der Waals surface area (Å²) in [6, 6.07) is 15.7. The molecule has 1 fully saturated rings. The molecular formula is C22H27NO4. The number of rotatable bonds is 7. The molecule has 5 heteroatoms. The second-order valence-corrected chi connectivity index (χ2v) is 6.88. The van der Waals surface area contributed by atoms with Crippen molar-refractivity contribution in [2.75, 3.05) is 38.9 Å². The highest BCUT2D eigenvalue weighted by Gasteiger charge is 2.41. The number of amides is 1. The molecule has 1 heterocycles. The molecule has 1 N–H and O–H groups in total. The van der Waals surface area contributed by atoms with E-state index in [1.54, 1.807) is 7.11 Å². The Hall–Kier alpha value is -2.37. The topological polar surface area (TPSA) is 56.8 Å². The second kappa shape index (κ2) is 9.02. The molecule has 0 saturated carbocycles. The van der Waals surface area contributed by atoms with Gasteiger partial charge in [-0.3, -0.25) is 4.79 Å². The van der Waals surface area contributed by atoms with Gasteiger partial charge in [-0.2, -0.15) is 0 Å². The number of hydrogen-bond donors (Lipinski definition) is 1. The molecule has 1 saturated heterocycles. The molecule has 1 aliphatic heterocycles. The van der Waals surface area contributed by atoms with Crippen LogP contribution in [0.1, 0.15) is 24.0 Å². The lowest BCUT2D eigenvalue weighted by Crippen LogP contribution is -2.44. The van der Waals surface area contributed by atoms with E-state index in [2.05, 4.69) is 36.5 Å². The van der Waals surface area contributed by atoms with Crippen LogP contribution in [0.25, 0.3) is 0 Å². The number of ether oxygens (including phenoxy) is 3. The van der Waals surface area contributed by atoms with Crippen LogP contribution in [0.5, 0.6) is 5.75 Å². The van der Waals surface area contributed by atoms with Crippen molar-refractivity contribution in [1.82, 2.24) is 0 Å². The van der Waals surface area contributed by atoms with Crippen molar-refractivity contribution in [1.29, 1.82) is 0 Å². The van der Waals surface area contributed by atoms with Crippen LogP contribution < -0.4 is 10.1 Å². The van der Waals surface area contributed by atoms with Crippen LogP contribution in [0.2, 0.25) is 0 Å². The molecule has 144 valence electrons. The number of carbonyl (C=O) groups excluding carboxylic acids is 1. The zero-order valence-corrected chi connectivity index (χ0v) is 16.0. The first-order valence-electron chi connectivity index (χ1n) is 9.32. The van der Waals surface area contributed by atoms with Gasteiger partial charge >= 0.3 is 0 Å². The predicted octanol–water partition coefficient (Wildman–Crippen LogP) is 3.71. The van der Waals surface area contributed by atoms with E-state index in [1.807, 2.05) is 24.3 Å². The standard InChI is InChI=1S/C22H27NO4/c1-17-3-5-18(6-4-17)22(11-13-26-14-12-22)21(24)23-19-7-9-20(10-8-19)27-16-15-25-2/h3-10H,11-16H2,1-2H3,(H,23,24). The van der Waals surface area contributed by atoms with Gasteiger partial charge in [-0.15, -0.1) is 0 Å². The monoisotopic (exact) mass is 369 g/mol. The summed E-state index contributed by atoms with van der Waals surface area (Å²) in [5, 5.41) is 3.09. The van der Waals surface area contributed by atoms with E-state index in [-0.39, 0.29) is 5.91 Å². The molecule has 0 spiro atoms. The minimum atomic E-state index is -0.556. The Morgan fingerprint density at radius 1 is 1.04 bits per heavy atom. The number of benzene rings is 2. The summed E-state index contributed by atoms with van der Waals surface area (Å²) >= 11 is 0. The van der Waals surface area contributed by atoms with Crippen molar-refractivity contribution in [3.8, 4) is 5.75 Å². The van der Waals surface area contributed by atoms with Gasteiger partial charge in [0, 0.05) is 26.0 Å². The Kier molecular flexibility index (Phi) is 6.48. The Morgan fingerprint density at radius 2 is 1.70 bits per heavy atom. The maximum absolute atomic E-state index is 13.3. The molecule has 0 bridgehead atoms. The van der Waals surface area contributed by atoms with Crippen molar-refractivity contribution >= 4 is 11.6 Å². The lowest BCUT2D eigenvalue weighted by molar-refractivity contribution is -0.125. The van der Waals surface area contributed by atoms with E-state index in [1.165, 1.54) is 5.56 Å². The van der Waals surface area contributed by atoms with Gasteiger partial charge in [-0.1, -0.05) is 29.8 Å². The van der Waals surface area contributed by atoms with Crippen LogP contribution in [0.4, 0.5) is 5.69 Å². The summed E-state index contributed by atoms with van der Waals surface area (Å²) < 4.78 is 16.1. The van der Waals surface area contributed by atoms with Crippen molar-refractivity contribution < 1.29 is 19.0 Å². The summed E-state index contributed by atoms with van der Waals surface area (Å²) in [6.45, 7) is 4.27. The summed E-state index contributed by atoms with van der Waals surface area (Å²) in [6.07, 6.45) is 1.36. The molecule has 1 aliphatic rings. The van der Waals surface area contributed by atoms with Gasteiger partial charge in [-0.05, 0) is 49.6 Å². The van der Waals surface area contributed by atoms with Crippen LogP contribution in [0.15, 0.2) is 48.5 Å². The molecule has 2 aromatic carbocycles. The fourth-order valence-corrected chi connectivity index (χ4v) is 3.37. The molecule has 0 unspecified atom stereocenters. The molecule has 2 aromatic rings. The summed E-state index contributed by atoms with van der Waals surface area (Å²) in [4.78, 5) is 13.3. The quantitative estimate of drug-likeness (QED) is 0.756. The molecule has 0 atom stereocenters. The Bertz CT molecular complexity index is 734. The van der Waals surface area contributed by atoms with Crippen molar-refractivity contribution in [3.05, 3.63) is 59.7 Å². The molecule has 27 heavy (non-hydrogen) atoms. The van der Waals surface area contributed by atoms with Crippen molar-refractivity contribution in [2.24, 2.45) is 0 Å². The molecule has 1 amide bonds. The minimum Gasteiger partial charge on any atom is -0.491 e. The zero-order valence-electron chi connectivity index (χ0n) is 16.0. The van der Waals surface area contributed by atoms with E-state index >= 15 is 0 Å². The third-order valence-electron chi connectivity index (χ3n) is 5.05. The largest absolute Gasteiger partial charge is 0.491 e. The number of carbonyl (C=O) groups is 1. The number of aryl methyl sites for hydroxylation is 1. The first-order valence-corrected chi connectivity index (χ1v) is 9.32. The first-order chi connectivity index (χ1) is 13.1. The number of anilines is 1. The van der Waals surface area contributed by atoms with Gasteiger partial charge in [-0.25, -0.2) is 0 Å². The molecule has 5 nitrogen and oxygen atoms in total. The van der Waals surface area contributed by atoms with Crippen LogP contribution in [0, 0.1) is 6.92 Å². The maximum atomic E-state index is 13.3. The van der Waals surface area contributed by atoms with E-state index in [0.717, 1.165) is 17.0 Å². The van der Waals surface area contributed by atoms with Crippen LogP contribution in [-0.4, -0.2) is 39.4 Å². The fourth-order valence-electron chi connectivity index (χ4n) is 3.37. The fraction of sp³-hybridized carbons (Fsp3) is 0.409. The first kappa shape index (κ1) is 19.4. The minimum absolute atomic E-state index is 0.0164. The van der Waals surface area contributed by atoms with E-state index in [0.29, 0.717) is 39.3 Å². The zero-order chi connectivity index (χ0) is 19.1. The van der Waals surface area contributed by atoms with Gasteiger partial charge in [0.05, 0.1) is 12.0 Å². The van der Waals surface area contributed by atoms with Gasteiger partial charge in [0.1, 0.15) is 12.4 Å². The highest BCUT2D eigenvalue weighted by molar-refractivity contribution is 5.99. The predicted molar refractivity (Wildman–Crippen MR) is 105 cm³/mol. The van der Waals surface area contributed by atoms with Crippen LogP contribution >= 0.6 is 0 Å². The molecule has 0 aromatic heterocycles. The molecule has 3 rings (SSSR count). The normalized spacial score (nSPS) is 15.9. The lowest BCUT2D eigenvalue weighted by atomic mass is 9.73. The van der Waals surface area contributed by atoms with Crippen LogP contribution in [0.3, 0.4) is 0 Å². The average molecular weight is 369 g/mol. The maximum Gasteiger partial charge on any atom is 0.235 e. The Balaban J connectivity index is 1.74. The Morgan fingerprint density at radius 3 is 2.33 bits per heavy atom. The number of methoxy groups -OCH3 is 1. The number of nitrogens with one attached hydrogen (secondary N) is 1. The molecule has 0 radical (unpaired) electrons. The summed E-state index contributed by atoms with van der Waals surface area (Å²) in [7, 11) is 1.64. The highest BCUT2D eigenvalue weighted by atomic mass is 16.5. The third kappa shape index (κ3) is 4.67. The van der Waals surface area contributed by atoms with Crippen LogP contribution in [-0.2, 0) is 19.7 Å². The van der Waals surface area contributed by atoms with E-state index in [4.69, 9.17) is 14.2 Å². The molecule has 0 aliphatic carbocycles. The van der Waals surface area contributed by atoms with E-state index < -0.39 is 5.41 Å². The second-order valence-electron chi connectivity index (χ2n) is 6.88. The molecular weight excluding hydrogens is 342 g/mol. The highest BCUT2D eigenvalue weighted by Crippen LogP contribution is 2.36. The van der Waals surface area contributed by atoms with Gasteiger partial charge in [0.15, 0.2) is 0 Å². The van der Waals surface area contributed by atoms with Gasteiger partial charge in [0.2, 0.25) is 5.91 Å². The smallest absolute Gasteiger partial charge is 0.235 e. The Labute approximate surface area is 160 Å². The lowest BCUT2D eigenvalue weighted by Gasteiger charge is -2.36. The summed E-state index contributed by atoms with van der Waals surface area (Å²) in [5.41, 5.74) is 2.44. The SMILES string of the molecule is COCCOc1ccc(NC(=O)C2(c3ccc(C)cc3)CCOCC2)cc1. The van der Waals surface area contributed by atoms with E-state index in [9.17, 15) is 4.79 Å². The number of hydrogen-bond acceptors (Lipinski definition) is 4. The van der Waals surface area contributed by atoms with Gasteiger partial charge < -0.3 is 19.5 Å². The third-order valence-corrected chi connectivity index (χ3v) is 5.05. The van der Waals surface area contributed by atoms with Gasteiger partial charge in [0.25, 0.3) is 0 Å². The summed E-state index contributed by atoms with van der Waals surface area (Å²) in [5.74, 6) is 0.770. The van der Waals surface area contributed by atoms with Crippen molar-refractivity contribution in [2.45, 2.75) is 25.2 Å². The average Bonchev–Trinajstić information content (AvgIpc) is 2.70.